The Bertz CT molecular complexity index is 1940. The van der Waals surface area contributed by atoms with Gasteiger partial charge in [0.25, 0.3) is 0 Å². The Kier molecular flexibility index (Phi) is 35.0. The number of benzene rings is 2. The zero-order chi connectivity index (χ0) is 61.8. The van der Waals surface area contributed by atoms with Crippen molar-refractivity contribution in [3.63, 3.8) is 0 Å². The van der Waals surface area contributed by atoms with Gasteiger partial charge < -0.3 is 0 Å². The van der Waals surface area contributed by atoms with Crippen LogP contribution in [0.4, 0.5) is 0 Å². The standard InChI is InChI=1S/C19H21B62/c20-51-69(55(25)26)78(73(58(31)32)59(33)34)71(79(80(74(60(35)36)61(37)38)75(62(39)40)63(41)42)81(76(64(43)44)65(45)46)77(66(47)48)68(50)54(23)24)52(70(67(49)53(21)22)72(56(27)28)57(29)30)19-12-10-18(11-13-19)17-8-6-16(7-9-17)14-15-4-2-1-3-5-15/h1-9,18-19H,10-14H2. The van der Waals surface area contributed by atoms with Crippen molar-refractivity contribution in [1.82, 2.24) is 0 Å². The topological polar surface area (TPSA) is 0 Å². The van der Waals surface area contributed by atoms with Crippen LogP contribution >= 0.6 is 0 Å². The summed E-state index contributed by atoms with van der Waals surface area (Å²) in [5.74, 6) is -0.513. The zero-order valence-electron chi connectivity index (χ0n) is 47.2. The summed E-state index contributed by atoms with van der Waals surface area (Å²) in [5, 5.41) is 0. The minimum Gasteiger partial charge on any atom is -0.0789 e. The van der Waals surface area contributed by atoms with Crippen LogP contribution in [-0.4, -0.2) is 439 Å². The molecule has 0 aromatic heterocycles. The van der Waals surface area contributed by atoms with E-state index < -0.39 is 197 Å². The first kappa shape index (κ1) is 77.7. The Morgan fingerprint density at radius 1 is 0.296 bits per heavy atom. The Labute approximate surface area is 548 Å². The molecule has 0 heterocycles. The third-order valence-corrected chi connectivity index (χ3v) is 18.1. The molecule has 0 amide bonds. The van der Waals surface area contributed by atoms with E-state index in [1.165, 1.54) is 12.6 Å². The van der Waals surface area contributed by atoms with Crippen LogP contribution in [0, 0.1) is 0 Å². The van der Waals surface area contributed by atoms with E-state index in [1.807, 2.05) is 18.2 Å². The van der Waals surface area contributed by atoms with Crippen molar-refractivity contribution >= 4 is 439 Å². The first-order valence-electron chi connectivity index (χ1n) is 28.0. The summed E-state index contributed by atoms with van der Waals surface area (Å²) in [6, 6.07) is 18.7. The van der Waals surface area contributed by atoms with Crippen LogP contribution in [0.1, 0.15) is 48.3 Å². The van der Waals surface area contributed by atoms with E-state index >= 15 is 0 Å². The third kappa shape index (κ3) is 20.7. The van der Waals surface area contributed by atoms with Gasteiger partial charge in [0.15, 0.2) is 0 Å². The molecule has 0 N–H and O–H groups in total. The highest BCUT2D eigenvalue weighted by molar-refractivity contribution is 8.36. The lowest BCUT2D eigenvalue weighted by atomic mass is 8.24. The Morgan fingerprint density at radius 3 is 0.938 bits per heavy atom. The maximum Gasteiger partial charge on any atom is 0.0491 e. The Balaban J connectivity index is 2.98. The van der Waals surface area contributed by atoms with E-state index in [1.54, 1.807) is 0 Å². The lowest BCUT2D eigenvalue weighted by molar-refractivity contribution is 0.442. The highest BCUT2D eigenvalue weighted by Gasteiger charge is 2.64. The summed E-state index contributed by atoms with van der Waals surface area (Å²) in [5.41, 5.74) is 3.41. The van der Waals surface area contributed by atoms with E-state index in [9.17, 15) is 0 Å². The van der Waals surface area contributed by atoms with Gasteiger partial charge in [0.05, 0.1) is 0 Å². The van der Waals surface area contributed by atoms with Crippen LogP contribution in [-0.2, 0) is 6.42 Å². The summed E-state index contributed by atoms with van der Waals surface area (Å²) in [6.45, 7) is -1.06. The number of hydrogen-bond donors (Lipinski definition) is 0. The molecule has 1 saturated carbocycles. The minimum absolute atomic E-state index is 0.0277. The van der Waals surface area contributed by atoms with E-state index in [0.29, 0.717) is 25.7 Å². The smallest absolute Gasteiger partial charge is 0.0491 e. The molecule has 0 saturated heterocycles. The molecule has 0 unspecified atom stereocenters. The normalized spacial score (nSPS) is 13.1. The number of hydrogen-bond acceptors (Lipinski definition) is 0. The fourth-order valence-corrected chi connectivity index (χ4v) is 14.7. The summed E-state index contributed by atoms with van der Waals surface area (Å²) < 4.78 is 0. The Morgan fingerprint density at radius 2 is 0.605 bits per heavy atom. The fourth-order valence-electron chi connectivity index (χ4n) is 14.7. The maximum absolute atomic E-state index is 7.47. The molecule has 283 valence electrons. The summed E-state index contributed by atoms with van der Waals surface area (Å²) in [7, 11) is 215. The van der Waals surface area contributed by atoms with E-state index in [-0.39, 0.29) is 5.92 Å². The first-order chi connectivity index (χ1) is 37.7. The van der Waals surface area contributed by atoms with Gasteiger partial charge in [-0.25, -0.2) is 0 Å². The van der Waals surface area contributed by atoms with E-state index in [4.69, 9.17) is 240 Å². The molecular formula is C19H21B62. The molecule has 81 heavy (non-hydrogen) atoms. The molecule has 63 radical (unpaired) electrons. The van der Waals surface area contributed by atoms with Gasteiger partial charge >= 0.3 is 0 Å². The molecule has 0 nitrogen and oxygen atoms in total. The molecule has 2 aromatic rings. The van der Waals surface area contributed by atoms with Crippen LogP contribution in [0.2, 0.25) is 5.82 Å². The molecule has 1 aliphatic rings. The van der Waals surface area contributed by atoms with Crippen molar-refractivity contribution in [1.29, 1.82) is 0 Å². The van der Waals surface area contributed by atoms with E-state index in [2.05, 4.69) is 36.4 Å². The highest BCUT2D eigenvalue weighted by Crippen LogP contribution is 2.43. The molecule has 0 atom stereocenters. The molecule has 3 rings (SSSR count). The monoisotopic (exact) mass is 932 g/mol. The second-order valence-electron chi connectivity index (χ2n) is 23.5. The summed E-state index contributed by atoms with van der Waals surface area (Å²) in [4.78, 5) is 0. The number of rotatable bonds is 34. The first-order valence-corrected chi connectivity index (χ1v) is 28.0. The van der Waals surface area contributed by atoms with Crippen LogP contribution in [0.5, 0.6) is 0 Å². The molecule has 1 aliphatic carbocycles. The predicted octanol–water partition coefficient (Wildman–Crippen LogP) is -18.3. The van der Waals surface area contributed by atoms with Gasteiger partial charge in [0.1, 0.15) is 0 Å². The van der Waals surface area contributed by atoms with Gasteiger partial charge in [-0.05, 0) is 41.9 Å². The average molecular weight is 920 g/mol. The maximum atomic E-state index is 7.47. The summed E-state index contributed by atoms with van der Waals surface area (Å²) in [6.07, 6.45) is -36.8. The lowest BCUT2D eigenvalue weighted by Gasteiger charge is -2.59. The van der Waals surface area contributed by atoms with Crippen molar-refractivity contribution in [3.8, 4) is 0 Å². The van der Waals surface area contributed by atoms with Gasteiger partial charge in [-0.1, -0.05) is 73.3 Å². The molecule has 1 fully saturated rings. The van der Waals surface area contributed by atoms with Gasteiger partial charge in [-0.2, -0.15) is 0 Å². The fraction of sp³-hybridized carbons (Fsp3) is 0.368. The third-order valence-electron chi connectivity index (χ3n) is 18.1. The second-order valence-corrected chi connectivity index (χ2v) is 23.5. The van der Waals surface area contributed by atoms with Crippen LogP contribution in [0.15, 0.2) is 54.6 Å². The van der Waals surface area contributed by atoms with Crippen molar-refractivity contribution in [3.05, 3.63) is 71.3 Å². The average Bonchev–Trinajstić information content (AvgIpc) is 3.34. The van der Waals surface area contributed by atoms with Gasteiger partial charge in [0, 0.05) is 439 Å². The zero-order valence-corrected chi connectivity index (χ0v) is 47.2. The van der Waals surface area contributed by atoms with Crippen LogP contribution in [0.25, 0.3) is 0 Å². The molecule has 2 aromatic carbocycles. The highest BCUT2D eigenvalue weighted by atomic mass is 14.2. The van der Waals surface area contributed by atoms with Crippen molar-refractivity contribution in [2.45, 2.75) is 43.8 Å². The van der Waals surface area contributed by atoms with Crippen molar-refractivity contribution in [2.24, 2.45) is 0 Å². The van der Waals surface area contributed by atoms with Crippen molar-refractivity contribution < 1.29 is 0 Å². The van der Waals surface area contributed by atoms with Crippen LogP contribution < -0.4 is 0 Å². The minimum atomic E-state index is -1.49. The predicted molar refractivity (Wildman–Crippen MR) is 437 cm³/mol. The molecular weight excluding hydrogens is 899 g/mol. The Hall–Kier alpha value is 2.47. The molecule has 62 heteroatoms. The quantitative estimate of drug-likeness (QED) is 0.0614. The molecule has 0 spiro atoms. The van der Waals surface area contributed by atoms with Gasteiger partial charge in [-0.3, -0.25) is 0 Å². The SMILES string of the molecule is [B][B]B(B([B])[B])B(B(B([B])[B])B([B])[B])B(B(B(B(B([B])[B])B([B])[B])B(B([B])[B])B([B])[B])B(B(B([B])[B])B([B])[B])B(B([B])[B])B([B])B([B])[B])B(B(B([B])B([B])[B])B(B([B])[B])B([B])[B])C1CCC(c2ccc(Cc3ccccc3)cc2)CC1. The summed E-state index contributed by atoms with van der Waals surface area (Å²) >= 11 is 0. The molecule has 0 bridgehead atoms. The van der Waals surface area contributed by atoms with Crippen molar-refractivity contribution in [2.75, 3.05) is 0 Å². The van der Waals surface area contributed by atoms with E-state index in [0.717, 1.165) is 17.5 Å². The van der Waals surface area contributed by atoms with Gasteiger partial charge in [-0.15, -0.1) is 0 Å². The van der Waals surface area contributed by atoms with Crippen LogP contribution in [0.3, 0.4) is 0 Å². The van der Waals surface area contributed by atoms with Gasteiger partial charge in [0.2, 0.25) is 0 Å². The second kappa shape index (κ2) is 36.5. The molecule has 0 aliphatic heterocycles. The lowest BCUT2D eigenvalue weighted by Crippen LogP contribution is -2.96. The largest absolute Gasteiger partial charge is 0.0789 e.